The molecule has 1 saturated carbocycles. The average molecular weight is 265 g/mol. The molecule has 4 N–H and O–H groups in total. The molecule has 102 valence electrons. The molecule has 0 aromatic heterocycles. The number of benzene rings is 2. The van der Waals surface area contributed by atoms with Crippen LogP contribution in [0, 0.1) is 5.41 Å². The molecule has 1 aliphatic rings. The second-order valence-electron chi connectivity index (χ2n) is 5.34. The summed E-state index contributed by atoms with van der Waals surface area (Å²) < 4.78 is 0. The van der Waals surface area contributed by atoms with E-state index in [0.29, 0.717) is 0 Å². The molecule has 0 unspecified atom stereocenters. The molecule has 20 heavy (non-hydrogen) atoms. The normalized spacial score (nSPS) is 17.1. The number of fused-ring (bicyclic) bond motifs is 1. The fraction of sp³-hybridized carbons (Fsp3) is 0.235. The summed E-state index contributed by atoms with van der Waals surface area (Å²) in [6.07, 6.45) is 5.12. The monoisotopic (exact) mass is 265 g/mol. The highest BCUT2D eigenvalue weighted by molar-refractivity contribution is 6.09. The molecule has 2 aromatic carbocycles. The molecule has 0 amide bonds. The van der Waals surface area contributed by atoms with Gasteiger partial charge >= 0.3 is 0 Å². The van der Waals surface area contributed by atoms with Crippen molar-refractivity contribution >= 4 is 22.6 Å². The lowest BCUT2D eigenvalue weighted by molar-refractivity contribution is 0.590. The summed E-state index contributed by atoms with van der Waals surface area (Å²) in [7, 11) is 2.02. The summed E-state index contributed by atoms with van der Waals surface area (Å²) >= 11 is 0. The van der Waals surface area contributed by atoms with Crippen molar-refractivity contribution in [3.05, 3.63) is 53.7 Å². The first kappa shape index (κ1) is 12.9. The predicted octanol–water partition coefficient (Wildman–Crippen LogP) is 3.00. The van der Waals surface area contributed by atoms with Gasteiger partial charge in [-0.1, -0.05) is 24.3 Å². The molecule has 0 heterocycles. The van der Waals surface area contributed by atoms with E-state index < -0.39 is 0 Å². The van der Waals surface area contributed by atoms with E-state index in [1.54, 1.807) is 0 Å². The van der Waals surface area contributed by atoms with E-state index in [2.05, 4.69) is 35.6 Å². The van der Waals surface area contributed by atoms with E-state index in [9.17, 15) is 0 Å². The van der Waals surface area contributed by atoms with E-state index in [0.717, 1.165) is 24.0 Å². The minimum atomic E-state index is 0.0946. The van der Waals surface area contributed by atoms with Gasteiger partial charge in [0.15, 0.2) is 0 Å². The third kappa shape index (κ3) is 1.91. The third-order valence-electron chi connectivity index (χ3n) is 4.27. The first-order valence-electron chi connectivity index (χ1n) is 6.89. The molecule has 1 aliphatic carbocycles. The van der Waals surface area contributed by atoms with Gasteiger partial charge in [0, 0.05) is 23.5 Å². The Labute approximate surface area is 119 Å². The number of allylic oxidation sites excluding steroid dienone is 1. The Bertz CT molecular complexity index is 696. The predicted molar refractivity (Wildman–Crippen MR) is 84.9 cm³/mol. The Hall–Kier alpha value is -2.13. The van der Waals surface area contributed by atoms with Crippen LogP contribution in [0.15, 0.2) is 42.6 Å². The standard InChI is InChI=1S/C17H19N3/c1-20-17(6-7-17)16-9-13(14(10-18)11-19)8-12-4-2-3-5-15(12)16/h2-5,8-11,18,20H,6-7,19H2,1H3. The molecule has 1 fully saturated rings. The molecule has 0 atom stereocenters. The minimum absolute atomic E-state index is 0.0946. The van der Waals surface area contributed by atoms with E-state index in [4.69, 9.17) is 11.1 Å². The number of hydrogen-bond donors (Lipinski definition) is 3. The van der Waals surface area contributed by atoms with Gasteiger partial charge in [-0.05, 0) is 53.9 Å². The van der Waals surface area contributed by atoms with Crippen molar-refractivity contribution in [1.29, 1.82) is 5.41 Å². The fourth-order valence-electron chi connectivity index (χ4n) is 2.88. The number of hydrogen-bond acceptors (Lipinski definition) is 3. The summed E-state index contributed by atoms with van der Waals surface area (Å²) in [5.74, 6) is 0. The van der Waals surface area contributed by atoms with Gasteiger partial charge in [-0.15, -0.1) is 0 Å². The smallest absolute Gasteiger partial charge is 0.0440 e. The Morgan fingerprint density at radius 1 is 1.30 bits per heavy atom. The molecule has 0 aliphatic heterocycles. The van der Waals surface area contributed by atoms with Gasteiger partial charge in [0.05, 0.1) is 0 Å². The molecule has 3 heteroatoms. The molecule has 0 saturated heterocycles. The van der Waals surface area contributed by atoms with E-state index in [1.807, 2.05) is 13.1 Å². The van der Waals surface area contributed by atoms with Crippen LogP contribution in [0.4, 0.5) is 0 Å². The summed E-state index contributed by atoms with van der Waals surface area (Å²) in [5, 5.41) is 13.4. The van der Waals surface area contributed by atoms with Crippen LogP contribution in [0.25, 0.3) is 16.3 Å². The third-order valence-corrected chi connectivity index (χ3v) is 4.27. The molecule has 0 bridgehead atoms. The van der Waals surface area contributed by atoms with Crippen molar-refractivity contribution in [3.63, 3.8) is 0 Å². The lowest BCUT2D eigenvalue weighted by Gasteiger charge is -2.19. The van der Waals surface area contributed by atoms with Gasteiger partial charge in [0.1, 0.15) is 0 Å². The zero-order valence-corrected chi connectivity index (χ0v) is 11.6. The number of nitrogens with one attached hydrogen (secondary N) is 2. The summed E-state index contributed by atoms with van der Waals surface area (Å²) in [6.45, 7) is 0. The van der Waals surface area contributed by atoms with Crippen LogP contribution in [-0.4, -0.2) is 13.3 Å². The van der Waals surface area contributed by atoms with E-state index in [1.165, 1.54) is 28.8 Å². The lowest BCUT2D eigenvalue weighted by atomic mass is 9.92. The molecule has 2 aromatic rings. The van der Waals surface area contributed by atoms with Crippen LogP contribution in [0.2, 0.25) is 0 Å². The lowest BCUT2D eigenvalue weighted by Crippen LogP contribution is -2.25. The SMILES string of the molecule is CNC1(c2cc(C(C=N)=CN)cc3ccccc23)CC1. The van der Waals surface area contributed by atoms with Gasteiger partial charge in [0.25, 0.3) is 0 Å². The van der Waals surface area contributed by atoms with Crippen molar-refractivity contribution in [2.24, 2.45) is 5.73 Å². The van der Waals surface area contributed by atoms with Crippen LogP contribution in [-0.2, 0) is 5.54 Å². The van der Waals surface area contributed by atoms with Crippen molar-refractivity contribution in [3.8, 4) is 0 Å². The fourth-order valence-corrected chi connectivity index (χ4v) is 2.88. The maximum Gasteiger partial charge on any atom is 0.0440 e. The second-order valence-corrected chi connectivity index (χ2v) is 5.34. The molecule has 0 radical (unpaired) electrons. The van der Waals surface area contributed by atoms with Gasteiger partial charge in [-0.2, -0.15) is 0 Å². The average Bonchev–Trinajstić information content (AvgIpc) is 3.29. The number of rotatable bonds is 4. The van der Waals surface area contributed by atoms with Gasteiger partial charge in [-0.3, -0.25) is 0 Å². The van der Waals surface area contributed by atoms with E-state index >= 15 is 0 Å². The topological polar surface area (TPSA) is 61.9 Å². The summed E-state index contributed by atoms with van der Waals surface area (Å²) in [5.41, 5.74) is 8.81. The Morgan fingerprint density at radius 3 is 2.65 bits per heavy atom. The maximum atomic E-state index is 7.50. The largest absolute Gasteiger partial charge is 0.404 e. The zero-order valence-electron chi connectivity index (χ0n) is 11.6. The van der Waals surface area contributed by atoms with Crippen LogP contribution in [0.1, 0.15) is 24.0 Å². The first-order chi connectivity index (χ1) is 9.74. The van der Waals surface area contributed by atoms with Crippen LogP contribution < -0.4 is 11.1 Å². The van der Waals surface area contributed by atoms with Crippen LogP contribution in [0.5, 0.6) is 0 Å². The Morgan fingerprint density at radius 2 is 2.05 bits per heavy atom. The zero-order chi connectivity index (χ0) is 14.2. The van der Waals surface area contributed by atoms with Crippen molar-refractivity contribution in [1.82, 2.24) is 5.32 Å². The van der Waals surface area contributed by atoms with Gasteiger partial charge in [-0.25, -0.2) is 0 Å². The highest BCUT2D eigenvalue weighted by atomic mass is 15.0. The number of nitrogens with two attached hydrogens (primary N) is 1. The first-order valence-corrected chi connectivity index (χ1v) is 6.89. The van der Waals surface area contributed by atoms with Gasteiger partial charge < -0.3 is 16.5 Å². The Kier molecular flexibility index (Phi) is 3.07. The molecular formula is C17H19N3. The van der Waals surface area contributed by atoms with Crippen molar-refractivity contribution < 1.29 is 0 Å². The molecular weight excluding hydrogens is 246 g/mol. The molecule has 3 rings (SSSR count). The van der Waals surface area contributed by atoms with Crippen molar-refractivity contribution in [2.45, 2.75) is 18.4 Å². The highest BCUT2D eigenvalue weighted by Crippen LogP contribution is 2.48. The van der Waals surface area contributed by atoms with E-state index in [-0.39, 0.29) is 5.54 Å². The summed E-state index contributed by atoms with van der Waals surface area (Å²) in [6, 6.07) is 12.7. The Balaban J connectivity index is 2.28. The van der Waals surface area contributed by atoms with Crippen LogP contribution in [0.3, 0.4) is 0 Å². The molecule has 3 nitrogen and oxygen atoms in total. The minimum Gasteiger partial charge on any atom is -0.404 e. The second kappa shape index (κ2) is 4.76. The van der Waals surface area contributed by atoms with Crippen molar-refractivity contribution in [2.75, 3.05) is 7.05 Å². The maximum absolute atomic E-state index is 7.50. The quantitative estimate of drug-likeness (QED) is 0.744. The summed E-state index contributed by atoms with van der Waals surface area (Å²) in [4.78, 5) is 0. The van der Waals surface area contributed by atoms with Crippen LogP contribution >= 0.6 is 0 Å². The van der Waals surface area contributed by atoms with Gasteiger partial charge in [0.2, 0.25) is 0 Å². The molecule has 0 spiro atoms. The highest BCUT2D eigenvalue weighted by Gasteiger charge is 2.43.